The van der Waals surface area contributed by atoms with E-state index in [-0.39, 0.29) is 0 Å². The van der Waals surface area contributed by atoms with Crippen molar-refractivity contribution in [1.29, 1.82) is 0 Å². The fourth-order valence-corrected chi connectivity index (χ4v) is 2.16. The first kappa shape index (κ1) is 12.0. The molecule has 0 aromatic heterocycles. The molecule has 0 aliphatic carbocycles. The molecule has 1 aliphatic heterocycles. The van der Waals surface area contributed by atoms with Crippen LogP contribution in [-0.2, 0) is 11.3 Å². The summed E-state index contributed by atoms with van der Waals surface area (Å²) in [5.74, 6) is 1.15. The van der Waals surface area contributed by atoms with Gasteiger partial charge in [-0.25, -0.2) is 0 Å². The first-order valence-electron chi connectivity index (χ1n) is 6.20. The van der Waals surface area contributed by atoms with Crippen LogP contribution in [0.4, 0.5) is 0 Å². The number of ether oxygens (including phenoxy) is 1. The number of likely N-dealkylation sites (tertiary alicyclic amines) is 1. The lowest BCUT2D eigenvalue weighted by Gasteiger charge is -2.20. The van der Waals surface area contributed by atoms with Gasteiger partial charge in [0.05, 0.1) is 7.11 Å². The zero-order valence-electron chi connectivity index (χ0n) is 10.3. The third-order valence-corrected chi connectivity index (χ3v) is 3.20. The van der Waals surface area contributed by atoms with Gasteiger partial charge in [-0.3, -0.25) is 4.79 Å². The van der Waals surface area contributed by atoms with Crippen LogP contribution in [0.25, 0.3) is 0 Å². The van der Waals surface area contributed by atoms with Gasteiger partial charge in [0.1, 0.15) is 5.75 Å². The van der Waals surface area contributed by atoms with Crippen LogP contribution >= 0.6 is 0 Å². The molecule has 92 valence electrons. The maximum absolute atomic E-state index is 11.8. The predicted octanol–water partition coefficient (Wildman–Crippen LogP) is 2.60. The van der Waals surface area contributed by atoms with Gasteiger partial charge in [0.15, 0.2) is 0 Å². The SMILES string of the molecule is COc1ccc(CN2CCCCCC2=O)cc1. The second-order valence-electron chi connectivity index (χ2n) is 4.47. The third kappa shape index (κ3) is 3.22. The van der Waals surface area contributed by atoms with Crippen LogP contribution in [0.1, 0.15) is 31.2 Å². The summed E-state index contributed by atoms with van der Waals surface area (Å²) in [5, 5.41) is 0. The summed E-state index contributed by atoms with van der Waals surface area (Å²) in [4.78, 5) is 13.8. The highest BCUT2D eigenvalue weighted by molar-refractivity contribution is 5.76. The number of benzene rings is 1. The Bertz CT molecular complexity index is 372. The summed E-state index contributed by atoms with van der Waals surface area (Å²) in [6.07, 6.45) is 4.04. The molecule has 0 saturated carbocycles. The van der Waals surface area contributed by atoms with Gasteiger partial charge in [0.25, 0.3) is 0 Å². The van der Waals surface area contributed by atoms with Crippen molar-refractivity contribution in [3.63, 3.8) is 0 Å². The van der Waals surface area contributed by atoms with E-state index < -0.39 is 0 Å². The van der Waals surface area contributed by atoms with E-state index in [2.05, 4.69) is 0 Å². The second-order valence-corrected chi connectivity index (χ2v) is 4.47. The van der Waals surface area contributed by atoms with Gasteiger partial charge < -0.3 is 9.64 Å². The summed E-state index contributed by atoms with van der Waals surface area (Å²) in [5.41, 5.74) is 1.17. The monoisotopic (exact) mass is 233 g/mol. The number of hydrogen-bond donors (Lipinski definition) is 0. The molecule has 0 atom stereocenters. The minimum Gasteiger partial charge on any atom is -0.497 e. The number of methoxy groups -OCH3 is 1. The molecule has 1 aromatic rings. The molecule has 0 unspecified atom stereocenters. The van der Waals surface area contributed by atoms with Crippen molar-refractivity contribution < 1.29 is 9.53 Å². The molecule has 0 radical (unpaired) electrons. The number of nitrogens with zero attached hydrogens (tertiary/aromatic N) is 1. The summed E-state index contributed by atoms with van der Waals surface area (Å²) >= 11 is 0. The Morgan fingerprint density at radius 2 is 1.94 bits per heavy atom. The molecule has 1 aliphatic rings. The van der Waals surface area contributed by atoms with Crippen molar-refractivity contribution in [3.8, 4) is 5.75 Å². The Labute approximate surface area is 102 Å². The Morgan fingerprint density at radius 1 is 1.18 bits per heavy atom. The lowest BCUT2D eigenvalue weighted by atomic mass is 10.2. The second kappa shape index (κ2) is 5.71. The fourth-order valence-electron chi connectivity index (χ4n) is 2.16. The lowest BCUT2D eigenvalue weighted by molar-refractivity contribution is -0.131. The molecule has 3 heteroatoms. The number of carbonyl (C=O) groups is 1. The van der Waals surface area contributed by atoms with E-state index in [4.69, 9.17) is 4.74 Å². The third-order valence-electron chi connectivity index (χ3n) is 3.20. The number of hydrogen-bond acceptors (Lipinski definition) is 2. The van der Waals surface area contributed by atoms with Crippen LogP contribution < -0.4 is 4.74 Å². The zero-order valence-corrected chi connectivity index (χ0v) is 10.3. The normalized spacial score (nSPS) is 16.8. The molecular formula is C14H19NO2. The van der Waals surface area contributed by atoms with Crippen LogP contribution in [0.5, 0.6) is 5.75 Å². The summed E-state index contributed by atoms with van der Waals surface area (Å²) in [6.45, 7) is 1.62. The van der Waals surface area contributed by atoms with Crippen LogP contribution in [-0.4, -0.2) is 24.5 Å². The van der Waals surface area contributed by atoms with Gasteiger partial charge in [-0.15, -0.1) is 0 Å². The minimum atomic E-state index is 0.290. The molecule has 1 fully saturated rings. The smallest absolute Gasteiger partial charge is 0.222 e. The lowest BCUT2D eigenvalue weighted by Crippen LogP contribution is -2.29. The molecule has 0 N–H and O–H groups in total. The molecule has 1 saturated heterocycles. The van der Waals surface area contributed by atoms with Crippen molar-refractivity contribution in [2.45, 2.75) is 32.2 Å². The Kier molecular flexibility index (Phi) is 4.02. The van der Waals surface area contributed by atoms with Crippen molar-refractivity contribution in [2.24, 2.45) is 0 Å². The van der Waals surface area contributed by atoms with Crippen molar-refractivity contribution >= 4 is 5.91 Å². The Morgan fingerprint density at radius 3 is 2.65 bits per heavy atom. The minimum absolute atomic E-state index is 0.290. The maximum Gasteiger partial charge on any atom is 0.222 e. The fraction of sp³-hybridized carbons (Fsp3) is 0.500. The number of carbonyl (C=O) groups excluding carboxylic acids is 1. The molecule has 0 bridgehead atoms. The molecule has 1 heterocycles. The van der Waals surface area contributed by atoms with Gasteiger partial charge in [-0.2, -0.15) is 0 Å². The molecular weight excluding hydrogens is 214 g/mol. The van der Waals surface area contributed by atoms with E-state index in [1.165, 1.54) is 12.0 Å². The van der Waals surface area contributed by atoms with E-state index in [0.29, 0.717) is 12.3 Å². The molecule has 2 rings (SSSR count). The predicted molar refractivity (Wildman–Crippen MR) is 66.9 cm³/mol. The standard InChI is InChI=1S/C14H19NO2/c1-17-13-8-6-12(7-9-13)11-15-10-4-2-3-5-14(15)16/h6-9H,2-5,10-11H2,1H3. The van der Waals surface area contributed by atoms with Gasteiger partial charge in [-0.1, -0.05) is 18.6 Å². The van der Waals surface area contributed by atoms with Crippen molar-refractivity contribution in [2.75, 3.05) is 13.7 Å². The average molecular weight is 233 g/mol. The molecule has 1 amide bonds. The number of amides is 1. The molecule has 3 nitrogen and oxygen atoms in total. The summed E-state index contributed by atoms with van der Waals surface area (Å²) in [6, 6.07) is 7.93. The first-order chi connectivity index (χ1) is 8.29. The van der Waals surface area contributed by atoms with E-state index in [1.54, 1.807) is 7.11 Å². The summed E-state index contributed by atoms with van der Waals surface area (Å²) < 4.78 is 5.12. The van der Waals surface area contributed by atoms with Gasteiger partial charge in [0, 0.05) is 19.5 Å². The highest BCUT2D eigenvalue weighted by atomic mass is 16.5. The van der Waals surface area contributed by atoms with Gasteiger partial charge in [-0.05, 0) is 30.5 Å². The van der Waals surface area contributed by atoms with Gasteiger partial charge in [0.2, 0.25) is 5.91 Å². The van der Waals surface area contributed by atoms with Crippen LogP contribution in [0, 0.1) is 0 Å². The molecule has 17 heavy (non-hydrogen) atoms. The van der Waals surface area contributed by atoms with Crippen molar-refractivity contribution in [3.05, 3.63) is 29.8 Å². The average Bonchev–Trinajstić information content (AvgIpc) is 2.56. The molecule has 1 aromatic carbocycles. The van der Waals surface area contributed by atoms with E-state index >= 15 is 0 Å². The van der Waals surface area contributed by atoms with E-state index in [0.717, 1.165) is 31.7 Å². The van der Waals surface area contributed by atoms with E-state index in [9.17, 15) is 4.79 Å². The van der Waals surface area contributed by atoms with Crippen LogP contribution in [0.3, 0.4) is 0 Å². The van der Waals surface area contributed by atoms with E-state index in [1.807, 2.05) is 29.2 Å². The molecule has 0 spiro atoms. The van der Waals surface area contributed by atoms with Crippen LogP contribution in [0.15, 0.2) is 24.3 Å². The summed E-state index contributed by atoms with van der Waals surface area (Å²) in [7, 11) is 1.66. The largest absolute Gasteiger partial charge is 0.497 e. The van der Waals surface area contributed by atoms with Crippen molar-refractivity contribution in [1.82, 2.24) is 4.90 Å². The maximum atomic E-state index is 11.8. The zero-order chi connectivity index (χ0) is 12.1. The first-order valence-corrected chi connectivity index (χ1v) is 6.20. The Balaban J connectivity index is 2.00. The quantitative estimate of drug-likeness (QED) is 0.803. The van der Waals surface area contributed by atoms with Gasteiger partial charge >= 0.3 is 0 Å². The Hall–Kier alpha value is -1.51. The highest BCUT2D eigenvalue weighted by Gasteiger charge is 2.16. The number of rotatable bonds is 3. The van der Waals surface area contributed by atoms with Crippen LogP contribution in [0.2, 0.25) is 0 Å². The topological polar surface area (TPSA) is 29.5 Å². The highest BCUT2D eigenvalue weighted by Crippen LogP contribution is 2.16.